The van der Waals surface area contributed by atoms with E-state index < -0.39 is 17.9 Å². The number of nitrogens with one attached hydrogen (secondary N) is 2. The summed E-state index contributed by atoms with van der Waals surface area (Å²) in [6.07, 6.45) is 6.49. The van der Waals surface area contributed by atoms with Crippen molar-refractivity contribution in [2.24, 2.45) is 0 Å². The van der Waals surface area contributed by atoms with Crippen LogP contribution in [0.2, 0.25) is 5.02 Å². The van der Waals surface area contributed by atoms with Crippen LogP contribution >= 0.6 is 11.6 Å². The average molecular weight is 568 g/mol. The van der Waals surface area contributed by atoms with E-state index in [4.69, 9.17) is 25.5 Å². The van der Waals surface area contributed by atoms with Gasteiger partial charge in [-0.05, 0) is 54.3 Å². The molecule has 0 radical (unpaired) electrons. The van der Waals surface area contributed by atoms with Crippen LogP contribution in [0.25, 0.3) is 0 Å². The number of benzene rings is 2. The van der Waals surface area contributed by atoms with E-state index in [0.29, 0.717) is 27.6 Å². The highest BCUT2D eigenvalue weighted by atomic mass is 35.5. The second-order valence-corrected chi connectivity index (χ2v) is 10.1. The lowest BCUT2D eigenvalue weighted by molar-refractivity contribution is -0.138. The molecule has 0 aliphatic heterocycles. The molecule has 9 nitrogen and oxygen atoms in total. The number of hydrogen-bond acceptors (Lipinski definition) is 6. The smallest absolute Gasteiger partial charge is 0.287 e. The van der Waals surface area contributed by atoms with Crippen molar-refractivity contribution >= 4 is 29.3 Å². The van der Waals surface area contributed by atoms with E-state index in [9.17, 15) is 14.4 Å². The van der Waals surface area contributed by atoms with Crippen LogP contribution in [-0.4, -0.2) is 49.4 Å². The molecule has 0 bridgehead atoms. The number of hydrogen-bond donors (Lipinski definition) is 2. The Kier molecular flexibility index (Phi) is 10.1. The van der Waals surface area contributed by atoms with Crippen LogP contribution in [0.4, 0.5) is 0 Å². The molecule has 4 rings (SSSR count). The largest absolute Gasteiger partial charge is 0.493 e. The molecule has 2 aromatic carbocycles. The van der Waals surface area contributed by atoms with E-state index in [1.54, 1.807) is 42.5 Å². The first-order valence-electron chi connectivity index (χ1n) is 13.3. The summed E-state index contributed by atoms with van der Waals surface area (Å²) >= 11 is 6.44. The van der Waals surface area contributed by atoms with Crippen molar-refractivity contribution in [3.05, 3.63) is 82.8 Å². The fraction of sp³-hybridized carbons (Fsp3) is 0.367. The minimum Gasteiger partial charge on any atom is -0.493 e. The predicted molar refractivity (Wildman–Crippen MR) is 150 cm³/mol. The van der Waals surface area contributed by atoms with Crippen LogP contribution < -0.4 is 20.1 Å². The standard InChI is InChI=1S/C30H34ClN3O6/c1-38-24-15-14-20(17-26(24)39-2)28(33-29(36)25-13-8-16-40-25)30(37)34(18-21-9-6-7-12-23(21)31)19-27(35)32-22-10-4-3-5-11-22/h6-9,12-17,22,28H,3-5,10-11,18-19H2,1-2H3,(H,32,35)(H,33,36). The molecule has 0 saturated heterocycles. The summed E-state index contributed by atoms with van der Waals surface area (Å²) in [5, 5.41) is 6.32. The molecule has 212 valence electrons. The first-order chi connectivity index (χ1) is 19.4. The normalized spacial score (nSPS) is 14.2. The molecule has 3 aromatic rings. The topological polar surface area (TPSA) is 110 Å². The van der Waals surface area contributed by atoms with E-state index in [2.05, 4.69) is 10.6 Å². The van der Waals surface area contributed by atoms with Gasteiger partial charge < -0.3 is 29.4 Å². The SMILES string of the molecule is COc1ccc(C(NC(=O)c2ccco2)C(=O)N(CC(=O)NC2CCCCC2)Cc2ccccc2Cl)cc1OC. The molecular weight excluding hydrogens is 534 g/mol. The Morgan fingerprint density at radius 2 is 1.75 bits per heavy atom. The molecule has 10 heteroatoms. The van der Waals surface area contributed by atoms with Crippen LogP contribution in [0.5, 0.6) is 11.5 Å². The van der Waals surface area contributed by atoms with Crippen LogP contribution in [0, 0.1) is 0 Å². The van der Waals surface area contributed by atoms with Crippen molar-refractivity contribution < 1.29 is 28.3 Å². The second kappa shape index (κ2) is 13.9. The number of carbonyl (C=O) groups is 3. The second-order valence-electron chi connectivity index (χ2n) is 9.69. The quantitative estimate of drug-likeness (QED) is 0.341. The van der Waals surface area contributed by atoms with Crippen molar-refractivity contribution in [1.82, 2.24) is 15.5 Å². The van der Waals surface area contributed by atoms with Crippen molar-refractivity contribution in [3.8, 4) is 11.5 Å². The maximum atomic E-state index is 14.2. The van der Waals surface area contributed by atoms with Gasteiger partial charge in [0.1, 0.15) is 6.04 Å². The Labute approximate surface area is 238 Å². The summed E-state index contributed by atoms with van der Waals surface area (Å²) < 4.78 is 16.0. The molecule has 1 unspecified atom stereocenters. The van der Waals surface area contributed by atoms with Crippen molar-refractivity contribution in [2.45, 2.75) is 50.7 Å². The van der Waals surface area contributed by atoms with E-state index in [1.165, 1.54) is 31.4 Å². The van der Waals surface area contributed by atoms with Gasteiger partial charge in [0.2, 0.25) is 5.91 Å². The molecule has 1 heterocycles. The van der Waals surface area contributed by atoms with Crippen LogP contribution in [0.3, 0.4) is 0 Å². The highest BCUT2D eigenvalue weighted by Gasteiger charge is 2.31. The Bertz CT molecular complexity index is 1310. The van der Waals surface area contributed by atoms with Gasteiger partial charge in [0.15, 0.2) is 17.3 Å². The van der Waals surface area contributed by atoms with Gasteiger partial charge >= 0.3 is 0 Å². The van der Waals surface area contributed by atoms with Crippen LogP contribution in [0.15, 0.2) is 65.3 Å². The van der Waals surface area contributed by atoms with Crippen molar-refractivity contribution in [1.29, 1.82) is 0 Å². The Morgan fingerprint density at radius 1 is 1.00 bits per heavy atom. The minimum absolute atomic E-state index is 0.0472. The van der Waals surface area contributed by atoms with E-state index in [-0.39, 0.29) is 30.8 Å². The van der Waals surface area contributed by atoms with Gasteiger partial charge in [-0.15, -0.1) is 0 Å². The zero-order chi connectivity index (χ0) is 28.5. The molecule has 1 aliphatic carbocycles. The predicted octanol–water partition coefficient (Wildman–Crippen LogP) is 4.90. The number of halogens is 1. The molecule has 3 amide bonds. The van der Waals surface area contributed by atoms with Gasteiger partial charge in [-0.1, -0.05) is 55.1 Å². The summed E-state index contributed by atoms with van der Waals surface area (Å²) in [5.74, 6) is -0.442. The average Bonchev–Trinajstić information content (AvgIpc) is 3.52. The van der Waals surface area contributed by atoms with Crippen molar-refractivity contribution in [3.63, 3.8) is 0 Å². The van der Waals surface area contributed by atoms with Crippen LogP contribution in [-0.2, 0) is 16.1 Å². The number of ether oxygens (including phenoxy) is 2. The maximum absolute atomic E-state index is 14.2. The van der Waals surface area contributed by atoms with E-state index >= 15 is 0 Å². The molecular formula is C30H34ClN3O6. The minimum atomic E-state index is -1.16. The van der Waals surface area contributed by atoms with Gasteiger partial charge in [0.25, 0.3) is 11.8 Å². The lowest BCUT2D eigenvalue weighted by atomic mass is 9.95. The van der Waals surface area contributed by atoms with E-state index in [0.717, 1.165) is 32.1 Å². The zero-order valence-corrected chi connectivity index (χ0v) is 23.4. The Morgan fingerprint density at radius 3 is 2.42 bits per heavy atom. The first kappa shape index (κ1) is 29.0. The molecule has 40 heavy (non-hydrogen) atoms. The molecule has 0 spiro atoms. The number of nitrogens with zero attached hydrogens (tertiary/aromatic N) is 1. The maximum Gasteiger partial charge on any atom is 0.287 e. The molecule has 1 fully saturated rings. The van der Waals surface area contributed by atoms with Gasteiger partial charge in [-0.2, -0.15) is 0 Å². The van der Waals surface area contributed by atoms with Gasteiger partial charge in [0.05, 0.1) is 27.0 Å². The summed E-state index contributed by atoms with van der Waals surface area (Å²) in [6.45, 7) is -0.141. The van der Waals surface area contributed by atoms with Gasteiger partial charge in [-0.3, -0.25) is 14.4 Å². The van der Waals surface area contributed by atoms with Gasteiger partial charge in [0, 0.05) is 17.6 Å². The fourth-order valence-corrected chi connectivity index (χ4v) is 5.05. The van der Waals surface area contributed by atoms with E-state index in [1.807, 2.05) is 6.07 Å². The fourth-order valence-electron chi connectivity index (χ4n) is 4.85. The molecule has 1 aromatic heterocycles. The summed E-state index contributed by atoms with van der Waals surface area (Å²) in [6, 6.07) is 14.1. The molecule has 1 atom stereocenters. The zero-order valence-electron chi connectivity index (χ0n) is 22.7. The number of rotatable bonds is 11. The Balaban J connectivity index is 1.67. The lowest BCUT2D eigenvalue weighted by Gasteiger charge is -2.30. The molecule has 2 N–H and O–H groups in total. The highest BCUT2D eigenvalue weighted by Crippen LogP contribution is 2.31. The highest BCUT2D eigenvalue weighted by molar-refractivity contribution is 6.31. The molecule has 1 saturated carbocycles. The Hall–Kier alpha value is -3.98. The number of amides is 3. The number of methoxy groups -OCH3 is 2. The van der Waals surface area contributed by atoms with Crippen molar-refractivity contribution in [2.75, 3.05) is 20.8 Å². The van der Waals surface area contributed by atoms with Gasteiger partial charge in [-0.25, -0.2) is 0 Å². The number of furan rings is 1. The molecule has 1 aliphatic rings. The third-order valence-electron chi connectivity index (χ3n) is 6.94. The first-order valence-corrected chi connectivity index (χ1v) is 13.6. The third kappa shape index (κ3) is 7.35. The van der Waals surface area contributed by atoms with Crippen LogP contribution in [0.1, 0.15) is 59.8 Å². The summed E-state index contributed by atoms with van der Waals surface area (Å²) in [7, 11) is 2.99. The summed E-state index contributed by atoms with van der Waals surface area (Å²) in [5.41, 5.74) is 1.12. The lowest BCUT2D eigenvalue weighted by Crippen LogP contribution is -2.48. The summed E-state index contributed by atoms with van der Waals surface area (Å²) in [4.78, 5) is 41.9. The number of carbonyl (C=O) groups excluding carboxylic acids is 3. The monoisotopic (exact) mass is 567 g/mol. The third-order valence-corrected chi connectivity index (χ3v) is 7.31.